The molecule has 1 saturated heterocycles. The van der Waals surface area contributed by atoms with Gasteiger partial charge in [-0.25, -0.2) is 0 Å². The van der Waals surface area contributed by atoms with Gasteiger partial charge in [0.1, 0.15) is 0 Å². The van der Waals surface area contributed by atoms with E-state index in [0.717, 1.165) is 31.7 Å². The van der Waals surface area contributed by atoms with Crippen LogP contribution in [0, 0.1) is 5.41 Å². The second kappa shape index (κ2) is 3.59. The van der Waals surface area contributed by atoms with Crippen molar-refractivity contribution in [2.45, 2.75) is 19.3 Å². The van der Waals surface area contributed by atoms with Gasteiger partial charge in [0.05, 0.1) is 6.61 Å². The zero-order chi connectivity index (χ0) is 11.0. The molecule has 0 bridgehead atoms. The van der Waals surface area contributed by atoms with Gasteiger partial charge in [0.25, 0.3) is 0 Å². The maximum absolute atomic E-state index is 11.8. The Morgan fingerprint density at radius 2 is 2.12 bits per heavy atom. The lowest BCUT2D eigenvalue weighted by Crippen LogP contribution is -2.27. The molecule has 2 aliphatic rings. The Morgan fingerprint density at radius 3 is 2.94 bits per heavy atom. The van der Waals surface area contributed by atoms with Gasteiger partial charge >= 0.3 is 0 Å². The second-order valence-corrected chi connectivity index (χ2v) is 4.86. The number of hydrogen-bond acceptors (Lipinski definition) is 2. The molecular formula is C13H15NO2. The summed E-state index contributed by atoms with van der Waals surface area (Å²) in [5, 5.41) is 2.98. The molecule has 0 aromatic heterocycles. The van der Waals surface area contributed by atoms with Crippen molar-refractivity contribution in [2.24, 2.45) is 5.41 Å². The van der Waals surface area contributed by atoms with Crippen molar-refractivity contribution in [3.05, 3.63) is 29.8 Å². The van der Waals surface area contributed by atoms with Crippen molar-refractivity contribution in [3.63, 3.8) is 0 Å². The summed E-state index contributed by atoms with van der Waals surface area (Å²) in [5.41, 5.74) is 2.24. The summed E-state index contributed by atoms with van der Waals surface area (Å²) in [7, 11) is 0. The van der Waals surface area contributed by atoms with Gasteiger partial charge < -0.3 is 10.1 Å². The largest absolute Gasteiger partial charge is 0.381 e. The number of amides is 1. The van der Waals surface area contributed by atoms with E-state index in [1.807, 2.05) is 18.2 Å². The van der Waals surface area contributed by atoms with Gasteiger partial charge in [-0.3, -0.25) is 4.79 Å². The predicted molar refractivity (Wildman–Crippen MR) is 61.3 cm³/mol. The number of benzene rings is 1. The Balaban J connectivity index is 2.00. The van der Waals surface area contributed by atoms with Crippen molar-refractivity contribution < 1.29 is 9.53 Å². The molecule has 1 amide bonds. The highest BCUT2D eigenvalue weighted by molar-refractivity contribution is 5.92. The second-order valence-electron chi connectivity index (χ2n) is 4.86. The number of carbonyl (C=O) groups excluding carboxylic acids is 1. The molecule has 16 heavy (non-hydrogen) atoms. The lowest BCUT2D eigenvalue weighted by molar-refractivity contribution is -0.118. The molecule has 84 valence electrons. The molecule has 0 radical (unpaired) electrons. The lowest BCUT2D eigenvalue weighted by Gasteiger charge is -2.23. The van der Waals surface area contributed by atoms with E-state index in [1.54, 1.807) is 0 Å². The number of carbonyl (C=O) groups is 1. The molecule has 2 aliphatic heterocycles. The minimum atomic E-state index is 0.0384. The first-order chi connectivity index (χ1) is 7.77. The van der Waals surface area contributed by atoms with E-state index in [4.69, 9.17) is 4.74 Å². The molecule has 1 aromatic carbocycles. The van der Waals surface area contributed by atoms with Crippen molar-refractivity contribution >= 4 is 11.6 Å². The third kappa shape index (κ3) is 1.61. The van der Waals surface area contributed by atoms with Crippen LogP contribution in [0.4, 0.5) is 5.69 Å². The van der Waals surface area contributed by atoms with Crippen LogP contribution in [0.1, 0.15) is 18.4 Å². The molecule has 1 aromatic rings. The fourth-order valence-electron chi connectivity index (χ4n) is 2.73. The SMILES string of the molecule is O=C1CC2(CCOC2)Cc2ccccc2N1. The van der Waals surface area contributed by atoms with Gasteiger partial charge in [-0.1, -0.05) is 18.2 Å². The van der Waals surface area contributed by atoms with Gasteiger partial charge in [-0.05, 0) is 24.5 Å². The smallest absolute Gasteiger partial charge is 0.225 e. The molecule has 2 heterocycles. The first kappa shape index (κ1) is 9.85. The molecular weight excluding hydrogens is 202 g/mol. The molecule has 1 N–H and O–H groups in total. The van der Waals surface area contributed by atoms with Crippen LogP contribution in [0.2, 0.25) is 0 Å². The maximum atomic E-state index is 11.8. The monoisotopic (exact) mass is 217 g/mol. The molecule has 3 nitrogen and oxygen atoms in total. The average molecular weight is 217 g/mol. The van der Waals surface area contributed by atoms with Gasteiger partial charge in [0.2, 0.25) is 5.91 Å². The molecule has 0 aliphatic carbocycles. The Hall–Kier alpha value is -1.35. The quantitative estimate of drug-likeness (QED) is 0.721. The van der Waals surface area contributed by atoms with Crippen LogP contribution >= 0.6 is 0 Å². The van der Waals surface area contributed by atoms with Gasteiger partial charge in [0.15, 0.2) is 0 Å². The van der Waals surface area contributed by atoms with Crippen molar-refractivity contribution in [1.82, 2.24) is 0 Å². The van der Waals surface area contributed by atoms with Crippen LogP contribution < -0.4 is 5.32 Å². The van der Waals surface area contributed by atoms with Crippen molar-refractivity contribution in [1.29, 1.82) is 0 Å². The Bertz CT molecular complexity index is 422. The van der Waals surface area contributed by atoms with Crippen LogP contribution in [0.25, 0.3) is 0 Å². The van der Waals surface area contributed by atoms with Gasteiger partial charge in [0, 0.05) is 24.1 Å². The van der Waals surface area contributed by atoms with Crippen LogP contribution in [0.3, 0.4) is 0 Å². The molecule has 1 atom stereocenters. The number of hydrogen-bond donors (Lipinski definition) is 1. The summed E-state index contributed by atoms with van der Waals surface area (Å²) in [6.07, 6.45) is 2.53. The third-order valence-electron chi connectivity index (χ3n) is 3.58. The number of fused-ring (bicyclic) bond motifs is 1. The highest BCUT2D eigenvalue weighted by Crippen LogP contribution is 2.40. The van der Waals surface area contributed by atoms with Crippen molar-refractivity contribution in [2.75, 3.05) is 18.5 Å². The van der Waals surface area contributed by atoms with Crippen LogP contribution in [0.15, 0.2) is 24.3 Å². The standard InChI is InChI=1S/C13H15NO2/c15-12-8-13(5-6-16-9-13)7-10-3-1-2-4-11(10)14-12/h1-4H,5-9H2,(H,14,15). The maximum Gasteiger partial charge on any atom is 0.225 e. The first-order valence-electron chi connectivity index (χ1n) is 5.73. The minimum Gasteiger partial charge on any atom is -0.381 e. The fourth-order valence-corrected chi connectivity index (χ4v) is 2.73. The number of ether oxygens (including phenoxy) is 1. The lowest BCUT2D eigenvalue weighted by atomic mass is 9.78. The zero-order valence-corrected chi connectivity index (χ0v) is 9.16. The summed E-state index contributed by atoms with van der Waals surface area (Å²) in [6, 6.07) is 8.06. The molecule has 3 rings (SSSR count). The first-order valence-corrected chi connectivity index (χ1v) is 5.73. The minimum absolute atomic E-state index is 0.0384. The Kier molecular flexibility index (Phi) is 2.21. The molecule has 0 saturated carbocycles. The molecule has 3 heteroatoms. The highest BCUT2D eigenvalue weighted by atomic mass is 16.5. The van der Waals surface area contributed by atoms with Gasteiger partial charge in [-0.15, -0.1) is 0 Å². The van der Waals surface area contributed by atoms with E-state index in [0.29, 0.717) is 6.42 Å². The summed E-state index contributed by atoms with van der Waals surface area (Å²) in [4.78, 5) is 11.8. The summed E-state index contributed by atoms with van der Waals surface area (Å²) >= 11 is 0. The van der Waals surface area contributed by atoms with Crippen molar-refractivity contribution in [3.8, 4) is 0 Å². The van der Waals surface area contributed by atoms with E-state index in [2.05, 4.69) is 11.4 Å². The van der Waals surface area contributed by atoms with Crippen LogP contribution in [-0.4, -0.2) is 19.1 Å². The number of anilines is 1. The molecule has 1 unspecified atom stereocenters. The van der Waals surface area contributed by atoms with Crippen LogP contribution in [-0.2, 0) is 16.0 Å². The number of rotatable bonds is 0. The van der Waals surface area contributed by atoms with E-state index in [9.17, 15) is 4.79 Å². The Morgan fingerprint density at radius 1 is 1.25 bits per heavy atom. The highest BCUT2D eigenvalue weighted by Gasteiger charge is 2.39. The molecule has 1 fully saturated rings. The zero-order valence-electron chi connectivity index (χ0n) is 9.16. The number of para-hydroxylation sites is 1. The van der Waals surface area contributed by atoms with E-state index >= 15 is 0 Å². The average Bonchev–Trinajstić information content (AvgIpc) is 2.62. The third-order valence-corrected chi connectivity index (χ3v) is 3.58. The van der Waals surface area contributed by atoms with Gasteiger partial charge in [-0.2, -0.15) is 0 Å². The van der Waals surface area contributed by atoms with E-state index in [1.165, 1.54) is 5.56 Å². The van der Waals surface area contributed by atoms with Crippen LogP contribution in [0.5, 0.6) is 0 Å². The topological polar surface area (TPSA) is 38.3 Å². The summed E-state index contributed by atoms with van der Waals surface area (Å²) < 4.78 is 5.48. The normalized spacial score (nSPS) is 28.6. The van der Waals surface area contributed by atoms with E-state index < -0.39 is 0 Å². The number of nitrogens with one attached hydrogen (secondary N) is 1. The summed E-state index contributed by atoms with van der Waals surface area (Å²) in [6.45, 7) is 1.50. The molecule has 1 spiro atoms. The predicted octanol–water partition coefficient (Wildman–Crippen LogP) is 1.98. The summed E-state index contributed by atoms with van der Waals surface area (Å²) in [5.74, 6) is 0.121. The fraction of sp³-hybridized carbons (Fsp3) is 0.462. The Labute approximate surface area is 94.8 Å². The van der Waals surface area contributed by atoms with E-state index in [-0.39, 0.29) is 11.3 Å².